The van der Waals surface area contributed by atoms with Crippen LogP contribution in [0.3, 0.4) is 0 Å². The van der Waals surface area contributed by atoms with E-state index in [1.54, 1.807) is 18.2 Å². The fourth-order valence-corrected chi connectivity index (χ4v) is 2.46. The Bertz CT molecular complexity index is 658. The Labute approximate surface area is 130 Å². The molecule has 20 heavy (non-hydrogen) atoms. The number of nitrogens with one attached hydrogen (secondary N) is 1. The molecule has 2 rings (SSSR count). The maximum Gasteiger partial charge on any atom is 0.335 e. The molecule has 0 aliphatic heterocycles. The van der Waals surface area contributed by atoms with Crippen molar-refractivity contribution in [2.24, 2.45) is 0 Å². The van der Waals surface area contributed by atoms with Crippen LogP contribution in [0, 0.1) is 6.92 Å². The van der Waals surface area contributed by atoms with Crippen LogP contribution in [0.15, 0.2) is 40.9 Å². The topological polar surface area (TPSA) is 49.3 Å². The minimum absolute atomic E-state index is 0.286. The van der Waals surface area contributed by atoms with Crippen molar-refractivity contribution in [2.45, 2.75) is 13.5 Å². The molecule has 5 heteroatoms. The summed E-state index contributed by atoms with van der Waals surface area (Å²) in [6, 6.07) is 10.7. The van der Waals surface area contributed by atoms with Gasteiger partial charge in [0.1, 0.15) is 0 Å². The molecule has 2 aromatic rings. The summed E-state index contributed by atoms with van der Waals surface area (Å²) in [5, 5.41) is 12.9. The molecule has 0 radical (unpaired) electrons. The first kappa shape index (κ1) is 14.9. The highest BCUT2D eigenvalue weighted by atomic mass is 79.9. The van der Waals surface area contributed by atoms with Crippen molar-refractivity contribution in [2.75, 3.05) is 5.32 Å². The molecule has 3 nitrogen and oxygen atoms in total. The van der Waals surface area contributed by atoms with Crippen molar-refractivity contribution >= 4 is 39.2 Å². The number of hydrogen-bond acceptors (Lipinski definition) is 2. The van der Waals surface area contributed by atoms with Crippen LogP contribution < -0.4 is 5.32 Å². The van der Waals surface area contributed by atoms with Crippen LogP contribution in [0.5, 0.6) is 0 Å². The summed E-state index contributed by atoms with van der Waals surface area (Å²) in [4.78, 5) is 10.9. The predicted molar refractivity (Wildman–Crippen MR) is 84.6 cm³/mol. The van der Waals surface area contributed by atoms with Gasteiger partial charge in [0.2, 0.25) is 0 Å². The zero-order valence-corrected chi connectivity index (χ0v) is 13.1. The molecular formula is C15H13BrClNO2. The number of carbonyl (C=O) groups is 1. The van der Waals surface area contributed by atoms with Crippen LogP contribution in [0.25, 0.3) is 0 Å². The van der Waals surface area contributed by atoms with Crippen LogP contribution >= 0.6 is 27.5 Å². The summed E-state index contributed by atoms with van der Waals surface area (Å²) >= 11 is 9.54. The molecule has 0 spiro atoms. The molecule has 0 atom stereocenters. The highest BCUT2D eigenvalue weighted by molar-refractivity contribution is 9.10. The third-order valence-corrected chi connectivity index (χ3v) is 3.81. The second-order valence-corrected chi connectivity index (χ2v) is 5.75. The van der Waals surface area contributed by atoms with E-state index in [1.165, 1.54) is 0 Å². The number of halogens is 2. The van der Waals surface area contributed by atoms with Gasteiger partial charge in [0.15, 0.2) is 0 Å². The normalized spacial score (nSPS) is 10.3. The van der Waals surface area contributed by atoms with Gasteiger partial charge in [-0.05, 0) is 54.4 Å². The lowest BCUT2D eigenvalue weighted by Crippen LogP contribution is -2.03. The Balaban J connectivity index is 2.15. The smallest absolute Gasteiger partial charge is 0.335 e. The lowest BCUT2D eigenvalue weighted by atomic mass is 10.1. The van der Waals surface area contributed by atoms with Crippen LogP contribution in [0.4, 0.5) is 5.69 Å². The molecule has 0 unspecified atom stereocenters. The Morgan fingerprint density at radius 3 is 2.70 bits per heavy atom. The van der Waals surface area contributed by atoms with Crippen molar-refractivity contribution in [1.82, 2.24) is 0 Å². The molecule has 0 aromatic heterocycles. The van der Waals surface area contributed by atoms with Crippen LogP contribution in [-0.4, -0.2) is 11.1 Å². The largest absolute Gasteiger partial charge is 0.478 e. The third kappa shape index (κ3) is 3.52. The van der Waals surface area contributed by atoms with Gasteiger partial charge in [-0.1, -0.05) is 27.5 Å². The molecule has 0 aliphatic carbocycles. The van der Waals surface area contributed by atoms with E-state index in [-0.39, 0.29) is 5.56 Å². The standard InChI is InChI=1S/C15H13BrClNO2/c1-9-6-10(15(19)20)2-5-14(9)18-8-11-7-12(16)3-4-13(11)17/h2-7,18H,8H2,1H3,(H,19,20). The van der Waals surface area contributed by atoms with E-state index < -0.39 is 5.97 Å². The third-order valence-electron chi connectivity index (χ3n) is 2.95. The van der Waals surface area contributed by atoms with Gasteiger partial charge in [0.25, 0.3) is 0 Å². The molecule has 0 heterocycles. The Morgan fingerprint density at radius 1 is 1.30 bits per heavy atom. The number of hydrogen-bond donors (Lipinski definition) is 2. The lowest BCUT2D eigenvalue weighted by molar-refractivity contribution is 0.0697. The molecule has 0 bridgehead atoms. The van der Waals surface area contributed by atoms with Gasteiger partial charge < -0.3 is 10.4 Å². The molecular weight excluding hydrogens is 342 g/mol. The predicted octanol–water partition coefficient (Wildman–Crippen LogP) is 4.72. The first-order chi connectivity index (χ1) is 9.47. The van der Waals surface area contributed by atoms with Crippen molar-refractivity contribution in [3.8, 4) is 0 Å². The number of aromatic carboxylic acids is 1. The quantitative estimate of drug-likeness (QED) is 0.835. The van der Waals surface area contributed by atoms with Crippen molar-refractivity contribution in [3.05, 3.63) is 62.6 Å². The molecule has 0 amide bonds. The summed E-state index contributed by atoms with van der Waals surface area (Å²) in [6.45, 7) is 2.45. The minimum atomic E-state index is -0.922. The Hall–Kier alpha value is -1.52. The zero-order chi connectivity index (χ0) is 14.7. The SMILES string of the molecule is Cc1cc(C(=O)O)ccc1NCc1cc(Br)ccc1Cl. The molecule has 2 N–H and O–H groups in total. The van der Waals surface area contributed by atoms with Gasteiger partial charge >= 0.3 is 5.97 Å². The number of aryl methyl sites for hydroxylation is 1. The van der Waals surface area contributed by atoms with Crippen LogP contribution in [-0.2, 0) is 6.54 Å². The van der Waals surface area contributed by atoms with Gasteiger partial charge in [-0.2, -0.15) is 0 Å². The van der Waals surface area contributed by atoms with Crippen molar-refractivity contribution < 1.29 is 9.90 Å². The van der Waals surface area contributed by atoms with E-state index in [2.05, 4.69) is 21.2 Å². The molecule has 0 saturated heterocycles. The molecule has 0 fully saturated rings. The van der Waals surface area contributed by atoms with Crippen molar-refractivity contribution in [3.63, 3.8) is 0 Å². The Kier molecular flexibility index (Phi) is 4.68. The average Bonchev–Trinajstić information content (AvgIpc) is 2.40. The second kappa shape index (κ2) is 6.29. The van der Waals surface area contributed by atoms with Gasteiger partial charge in [0, 0.05) is 21.7 Å². The van der Waals surface area contributed by atoms with Gasteiger partial charge in [-0.3, -0.25) is 0 Å². The number of anilines is 1. The molecule has 2 aromatic carbocycles. The summed E-state index contributed by atoms with van der Waals surface area (Å²) in [5.74, 6) is -0.922. The number of carboxylic acids is 1. The monoisotopic (exact) mass is 353 g/mol. The minimum Gasteiger partial charge on any atom is -0.478 e. The lowest BCUT2D eigenvalue weighted by Gasteiger charge is -2.11. The summed E-state index contributed by atoms with van der Waals surface area (Å²) in [5.41, 5.74) is 3.04. The van der Waals surface area contributed by atoms with E-state index >= 15 is 0 Å². The fourth-order valence-electron chi connectivity index (χ4n) is 1.86. The average molecular weight is 355 g/mol. The first-order valence-electron chi connectivity index (χ1n) is 5.99. The highest BCUT2D eigenvalue weighted by Gasteiger charge is 2.06. The zero-order valence-electron chi connectivity index (χ0n) is 10.8. The maximum atomic E-state index is 10.9. The molecule has 104 valence electrons. The van der Waals surface area contributed by atoms with E-state index in [0.717, 1.165) is 21.3 Å². The second-order valence-electron chi connectivity index (χ2n) is 4.42. The van der Waals surface area contributed by atoms with Crippen LogP contribution in [0.1, 0.15) is 21.5 Å². The number of benzene rings is 2. The van der Waals surface area contributed by atoms with E-state index in [4.69, 9.17) is 16.7 Å². The highest BCUT2D eigenvalue weighted by Crippen LogP contribution is 2.23. The van der Waals surface area contributed by atoms with Crippen molar-refractivity contribution in [1.29, 1.82) is 0 Å². The summed E-state index contributed by atoms with van der Waals surface area (Å²) in [6.07, 6.45) is 0. The summed E-state index contributed by atoms with van der Waals surface area (Å²) < 4.78 is 0.969. The van der Waals surface area contributed by atoms with Crippen LogP contribution in [0.2, 0.25) is 5.02 Å². The van der Waals surface area contributed by atoms with E-state index in [1.807, 2.05) is 25.1 Å². The molecule has 0 saturated carbocycles. The van der Waals surface area contributed by atoms with Gasteiger partial charge in [-0.15, -0.1) is 0 Å². The summed E-state index contributed by atoms with van der Waals surface area (Å²) in [7, 11) is 0. The fraction of sp³-hybridized carbons (Fsp3) is 0.133. The number of rotatable bonds is 4. The van der Waals surface area contributed by atoms with Gasteiger partial charge in [-0.25, -0.2) is 4.79 Å². The van der Waals surface area contributed by atoms with E-state index in [0.29, 0.717) is 11.6 Å². The van der Waals surface area contributed by atoms with E-state index in [9.17, 15) is 4.79 Å². The van der Waals surface area contributed by atoms with Gasteiger partial charge in [0.05, 0.1) is 5.56 Å². The maximum absolute atomic E-state index is 10.9. The molecule has 0 aliphatic rings. The first-order valence-corrected chi connectivity index (χ1v) is 7.16. The number of carboxylic acid groups (broad SMARTS) is 1. The Morgan fingerprint density at radius 2 is 2.05 bits per heavy atom.